The monoisotopic (exact) mass is 455 g/mol. The van der Waals surface area contributed by atoms with E-state index in [9.17, 15) is 4.79 Å². The van der Waals surface area contributed by atoms with Crippen molar-refractivity contribution in [1.82, 2.24) is 4.90 Å². The number of nitrogens with one attached hydrogen (secondary N) is 1. The zero-order valence-corrected chi connectivity index (χ0v) is 20.4. The van der Waals surface area contributed by atoms with Crippen molar-refractivity contribution in [3.05, 3.63) is 47.5 Å². The summed E-state index contributed by atoms with van der Waals surface area (Å²) >= 11 is 0. The Hall–Kier alpha value is -2.77. The molecule has 2 aromatic rings. The summed E-state index contributed by atoms with van der Waals surface area (Å²) in [7, 11) is 0. The van der Waals surface area contributed by atoms with Gasteiger partial charge in [0.2, 0.25) is 5.91 Å². The summed E-state index contributed by atoms with van der Waals surface area (Å²) in [6.45, 7) is 13.9. The smallest absolute Gasteiger partial charge is 0.238 e. The van der Waals surface area contributed by atoms with E-state index in [1.54, 1.807) is 0 Å². The highest BCUT2D eigenvalue weighted by molar-refractivity contribution is 5.94. The van der Waals surface area contributed by atoms with Crippen LogP contribution < -0.4 is 19.7 Å². The van der Waals surface area contributed by atoms with E-state index in [1.165, 1.54) is 11.1 Å². The van der Waals surface area contributed by atoms with Crippen LogP contribution in [0.1, 0.15) is 31.9 Å². The summed E-state index contributed by atoms with van der Waals surface area (Å²) in [5.74, 6) is 1.31. The SMILES string of the molecule is CCOc1cc(N2CCOCC2)c(OCC)cc1NC(=O)CN(CC)Cc1cccc(C)c1. The van der Waals surface area contributed by atoms with Crippen molar-refractivity contribution in [3.63, 3.8) is 0 Å². The van der Waals surface area contributed by atoms with Gasteiger partial charge in [-0.3, -0.25) is 9.69 Å². The molecule has 2 aromatic carbocycles. The molecule has 0 saturated carbocycles. The number of benzene rings is 2. The van der Waals surface area contributed by atoms with Crippen molar-refractivity contribution in [2.24, 2.45) is 0 Å². The number of aryl methyl sites for hydroxylation is 1. The minimum absolute atomic E-state index is 0.0768. The molecule has 0 bridgehead atoms. The molecule has 1 aliphatic rings. The summed E-state index contributed by atoms with van der Waals surface area (Å²) < 4.78 is 17.3. The van der Waals surface area contributed by atoms with Gasteiger partial charge in [-0.15, -0.1) is 0 Å². The second-order valence-corrected chi connectivity index (χ2v) is 8.12. The van der Waals surface area contributed by atoms with E-state index in [1.807, 2.05) is 26.0 Å². The molecular formula is C26H37N3O4. The Morgan fingerprint density at radius 1 is 1.06 bits per heavy atom. The Balaban J connectivity index is 1.77. The lowest BCUT2D eigenvalue weighted by Gasteiger charge is -2.31. The largest absolute Gasteiger partial charge is 0.492 e. The first-order chi connectivity index (χ1) is 16.0. The summed E-state index contributed by atoms with van der Waals surface area (Å²) in [4.78, 5) is 17.3. The first kappa shape index (κ1) is 24.9. The lowest BCUT2D eigenvalue weighted by atomic mass is 10.1. The lowest BCUT2D eigenvalue weighted by Crippen LogP contribution is -2.36. The van der Waals surface area contributed by atoms with E-state index in [4.69, 9.17) is 14.2 Å². The second kappa shape index (κ2) is 12.5. The van der Waals surface area contributed by atoms with Crippen LogP contribution in [0.3, 0.4) is 0 Å². The summed E-state index contributed by atoms with van der Waals surface area (Å²) in [6, 6.07) is 12.2. The number of amides is 1. The van der Waals surface area contributed by atoms with Gasteiger partial charge in [0.05, 0.1) is 44.3 Å². The molecule has 0 radical (unpaired) electrons. The lowest BCUT2D eigenvalue weighted by molar-refractivity contribution is -0.117. The standard InChI is InChI=1S/C26H37N3O4/c1-5-28(18-21-10-8-9-20(4)15-21)19-26(30)27-22-16-25(33-7-3)23(17-24(22)32-6-2)29-11-13-31-14-12-29/h8-10,15-17H,5-7,11-14,18-19H2,1-4H3,(H,27,30). The first-order valence-corrected chi connectivity index (χ1v) is 11.9. The predicted octanol–water partition coefficient (Wildman–Crippen LogP) is 4.09. The number of carbonyl (C=O) groups is 1. The van der Waals surface area contributed by atoms with E-state index >= 15 is 0 Å². The Morgan fingerprint density at radius 3 is 2.45 bits per heavy atom. The minimum Gasteiger partial charge on any atom is -0.492 e. The molecule has 7 heteroatoms. The van der Waals surface area contributed by atoms with Crippen LogP contribution in [0.15, 0.2) is 36.4 Å². The highest BCUT2D eigenvalue weighted by atomic mass is 16.5. The molecule has 0 atom stereocenters. The van der Waals surface area contributed by atoms with Crippen molar-refractivity contribution in [2.75, 3.05) is 62.8 Å². The quantitative estimate of drug-likeness (QED) is 0.551. The number of hydrogen-bond donors (Lipinski definition) is 1. The third kappa shape index (κ3) is 7.11. The zero-order valence-electron chi connectivity index (χ0n) is 20.4. The molecule has 3 rings (SSSR count). The molecular weight excluding hydrogens is 418 g/mol. The maximum atomic E-state index is 13.0. The van der Waals surface area contributed by atoms with E-state index in [-0.39, 0.29) is 5.91 Å². The van der Waals surface area contributed by atoms with Crippen molar-refractivity contribution < 1.29 is 19.0 Å². The van der Waals surface area contributed by atoms with Gasteiger partial charge in [-0.25, -0.2) is 0 Å². The summed E-state index contributed by atoms with van der Waals surface area (Å²) in [5.41, 5.74) is 4.02. The number of ether oxygens (including phenoxy) is 3. The Morgan fingerprint density at radius 2 is 1.79 bits per heavy atom. The van der Waals surface area contributed by atoms with Gasteiger partial charge in [0.15, 0.2) is 0 Å². The molecule has 180 valence electrons. The predicted molar refractivity (Wildman–Crippen MR) is 133 cm³/mol. The fourth-order valence-corrected chi connectivity index (χ4v) is 3.99. The number of carbonyl (C=O) groups excluding carboxylic acids is 1. The maximum absolute atomic E-state index is 13.0. The van der Waals surface area contributed by atoms with Crippen LogP contribution in [-0.2, 0) is 16.1 Å². The Kier molecular flexibility index (Phi) is 9.39. The van der Waals surface area contributed by atoms with Crippen LogP contribution in [0, 0.1) is 6.92 Å². The average molecular weight is 456 g/mol. The molecule has 0 spiro atoms. The third-order valence-corrected chi connectivity index (χ3v) is 5.59. The van der Waals surface area contributed by atoms with Gasteiger partial charge >= 0.3 is 0 Å². The van der Waals surface area contributed by atoms with Crippen LogP contribution in [0.2, 0.25) is 0 Å². The number of anilines is 2. The van der Waals surface area contributed by atoms with Crippen LogP contribution in [0.4, 0.5) is 11.4 Å². The van der Waals surface area contributed by atoms with Crippen molar-refractivity contribution in [3.8, 4) is 11.5 Å². The molecule has 1 saturated heterocycles. The fourth-order valence-electron chi connectivity index (χ4n) is 3.99. The van der Waals surface area contributed by atoms with Crippen LogP contribution in [-0.4, -0.2) is 63.4 Å². The number of hydrogen-bond acceptors (Lipinski definition) is 6. The first-order valence-electron chi connectivity index (χ1n) is 11.9. The van der Waals surface area contributed by atoms with E-state index < -0.39 is 0 Å². The zero-order chi connectivity index (χ0) is 23.6. The van der Waals surface area contributed by atoms with Gasteiger partial charge in [0, 0.05) is 31.8 Å². The van der Waals surface area contributed by atoms with Gasteiger partial charge < -0.3 is 24.4 Å². The third-order valence-electron chi connectivity index (χ3n) is 5.59. The van der Waals surface area contributed by atoms with E-state index in [0.717, 1.165) is 37.6 Å². The fraction of sp³-hybridized carbons (Fsp3) is 0.500. The van der Waals surface area contributed by atoms with Gasteiger partial charge in [0.25, 0.3) is 0 Å². The van der Waals surface area contributed by atoms with Gasteiger partial charge in [-0.1, -0.05) is 36.8 Å². The molecule has 0 unspecified atom stereocenters. The van der Waals surface area contributed by atoms with Gasteiger partial charge in [-0.05, 0) is 32.9 Å². The van der Waals surface area contributed by atoms with Crippen molar-refractivity contribution in [2.45, 2.75) is 34.2 Å². The van der Waals surface area contributed by atoms with Crippen LogP contribution in [0.5, 0.6) is 11.5 Å². The van der Waals surface area contributed by atoms with Crippen LogP contribution >= 0.6 is 0 Å². The Labute approximate surface area is 197 Å². The highest BCUT2D eigenvalue weighted by Gasteiger charge is 2.21. The topological polar surface area (TPSA) is 63.3 Å². The van der Waals surface area contributed by atoms with Gasteiger partial charge in [-0.2, -0.15) is 0 Å². The number of morpholine rings is 1. The summed E-state index contributed by atoms with van der Waals surface area (Å²) in [6.07, 6.45) is 0. The molecule has 1 amide bonds. The Bertz CT molecular complexity index is 912. The second-order valence-electron chi connectivity index (χ2n) is 8.12. The molecule has 1 N–H and O–H groups in total. The molecule has 0 aromatic heterocycles. The number of rotatable bonds is 11. The van der Waals surface area contributed by atoms with Crippen molar-refractivity contribution in [1.29, 1.82) is 0 Å². The molecule has 1 heterocycles. The molecule has 33 heavy (non-hydrogen) atoms. The van der Waals surface area contributed by atoms with Crippen LogP contribution in [0.25, 0.3) is 0 Å². The normalized spacial score (nSPS) is 13.8. The molecule has 1 fully saturated rings. The average Bonchev–Trinajstić information content (AvgIpc) is 2.81. The summed E-state index contributed by atoms with van der Waals surface area (Å²) in [5, 5.41) is 3.06. The number of likely N-dealkylation sites (N-methyl/N-ethyl adjacent to an activating group) is 1. The molecule has 7 nitrogen and oxygen atoms in total. The van der Waals surface area contributed by atoms with Crippen molar-refractivity contribution >= 4 is 17.3 Å². The maximum Gasteiger partial charge on any atom is 0.238 e. The molecule has 1 aliphatic heterocycles. The minimum atomic E-state index is -0.0768. The van der Waals surface area contributed by atoms with E-state index in [0.29, 0.717) is 44.4 Å². The number of nitrogens with zero attached hydrogens (tertiary/aromatic N) is 2. The highest BCUT2D eigenvalue weighted by Crippen LogP contribution is 2.39. The van der Waals surface area contributed by atoms with E-state index in [2.05, 4.69) is 53.2 Å². The van der Waals surface area contributed by atoms with Gasteiger partial charge in [0.1, 0.15) is 11.5 Å². The molecule has 0 aliphatic carbocycles.